The fourth-order valence-corrected chi connectivity index (χ4v) is 2.27. The summed E-state index contributed by atoms with van der Waals surface area (Å²) in [5, 5.41) is 12.4. The van der Waals surface area contributed by atoms with Crippen LogP contribution >= 0.6 is 0 Å². The van der Waals surface area contributed by atoms with E-state index in [1.54, 1.807) is 7.05 Å². The first-order valence-electron chi connectivity index (χ1n) is 7.10. The molecule has 0 aliphatic carbocycles. The van der Waals surface area contributed by atoms with Crippen molar-refractivity contribution in [2.24, 2.45) is 5.10 Å². The minimum absolute atomic E-state index is 0.0592. The van der Waals surface area contributed by atoms with Gasteiger partial charge in [-0.1, -0.05) is 0 Å². The molecule has 2 rings (SSSR count). The van der Waals surface area contributed by atoms with E-state index in [1.165, 1.54) is 5.01 Å². The molecule has 2 heterocycles. The van der Waals surface area contributed by atoms with E-state index in [9.17, 15) is 9.59 Å². The molecule has 0 radical (unpaired) electrons. The van der Waals surface area contributed by atoms with Gasteiger partial charge in [0.25, 0.3) is 5.91 Å². The summed E-state index contributed by atoms with van der Waals surface area (Å²) in [5.74, 6) is -0.251. The Labute approximate surface area is 124 Å². The van der Waals surface area contributed by atoms with Gasteiger partial charge in [0.1, 0.15) is 5.71 Å². The van der Waals surface area contributed by atoms with Crippen LogP contribution < -0.4 is 5.32 Å². The highest BCUT2D eigenvalue weighted by atomic mass is 16.2. The van der Waals surface area contributed by atoms with E-state index in [4.69, 9.17) is 0 Å². The number of aromatic nitrogens is 2. The molecule has 0 saturated carbocycles. The van der Waals surface area contributed by atoms with E-state index < -0.39 is 0 Å². The van der Waals surface area contributed by atoms with Gasteiger partial charge in [-0.3, -0.25) is 14.3 Å². The average Bonchev–Trinajstić information content (AvgIpc) is 2.76. The van der Waals surface area contributed by atoms with Gasteiger partial charge in [0, 0.05) is 38.7 Å². The van der Waals surface area contributed by atoms with Gasteiger partial charge in [0.15, 0.2) is 0 Å². The van der Waals surface area contributed by atoms with Crippen LogP contribution in [-0.4, -0.2) is 45.9 Å². The minimum Gasteiger partial charge on any atom is -0.351 e. The molecule has 7 heteroatoms. The summed E-state index contributed by atoms with van der Waals surface area (Å²) in [6.07, 6.45) is 1.55. The lowest BCUT2D eigenvalue weighted by molar-refractivity contribution is -0.130. The van der Waals surface area contributed by atoms with Crippen LogP contribution in [0.15, 0.2) is 11.2 Å². The van der Waals surface area contributed by atoms with Crippen molar-refractivity contribution in [1.29, 1.82) is 0 Å². The highest BCUT2D eigenvalue weighted by molar-refractivity contribution is 6.39. The third-order valence-corrected chi connectivity index (χ3v) is 3.41. The molecule has 0 fully saturated rings. The molecule has 7 nitrogen and oxygen atoms in total. The molecule has 21 heavy (non-hydrogen) atoms. The molecule has 2 amide bonds. The summed E-state index contributed by atoms with van der Waals surface area (Å²) in [4.78, 5) is 23.2. The molecule has 0 bridgehead atoms. The maximum absolute atomic E-state index is 11.9. The summed E-state index contributed by atoms with van der Waals surface area (Å²) in [5.41, 5.74) is 2.54. The van der Waals surface area contributed by atoms with Crippen molar-refractivity contribution in [2.75, 3.05) is 13.6 Å². The van der Waals surface area contributed by atoms with Crippen LogP contribution in [0.4, 0.5) is 0 Å². The van der Waals surface area contributed by atoms with E-state index in [-0.39, 0.29) is 11.8 Å². The highest BCUT2D eigenvalue weighted by Crippen LogP contribution is 2.07. The SMILES string of the molecule is Cc1cc(C)n(CCCNC(=O)C2=NN(C)C(=O)CC2)n1. The number of hydrogen-bond acceptors (Lipinski definition) is 4. The number of carbonyl (C=O) groups excluding carboxylic acids is 2. The zero-order valence-corrected chi connectivity index (χ0v) is 12.7. The Hall–Kier alpha value is -2.18. The van der Waals surface area contributed by atoms with Crippen molar-refractivity contribution in [2.45, 2.75) is 39.7 Å². The molecule has 0 unspecified atom stereocenters. The van der Waals surface area contributed by atoms with Crippen LogP contribution in [0, 0.1) is 13.8 Å². The maximum atomic E-state index is 11.9. The Morgan fingerprint density at radius 3 is 2.76 bits per heavy atom. The standard InChI is InChI=1S/C14H21N5O2/c1-10-9-11(2)19(16-10)8-4-7-15-14(21)12-5-6-13(20)18(3)17-12/h9H,4-8H2,1-3H3,(H,15,21). The molecule has 0 atom stereocenters. The van der Waals surface area contributed by atoms with Crippen LogP contribution in [0.1, 0.15) is 30.7 Å². The fourth-order valence-electron chi connectivity index (χ4n) is 2.27. The second kappa shape index (κ2) is 6.51. The molecule has 0 aromatic carbocycles. The van der Waals surface area contributed by atoms with Gasteiger partial charge in [-0.25, -0.2) is 5.01 Å². The lowest BCUT2D eigenvalue weighted by atomic mass is 10.1. The highest BCUT2D eigenvalue weighted by Gasteiger charge is 2.21. The predicted octanol–water partition coefficient (Wildman–Crippen LogP) is 0.614. The van der Waals surface area contributed by atoms with Crippen molar-refractivity contribution in [1.82, 2.24) is 20.1 Å². The van der Waals surface area contributed by atoms with Gasteiger partial charge >= 0.3 is 0 Å². The number of nitrogens with one attached hydrogen (secondary N) is 1. The van der Waals surface area contributed by atoms with E-state index in [2.05, 4.69) is 15.5 Å². The number of nitrogens with zero attached hydrogens (tertiary/aromatic N) is 4. The zero-order chi connectivity index (χ0) is 15.4. The van der Waals surface area contributed by atoms with Crippen LogP contribution in [0.5, 0.6) is 0 Å². The molecule has 0 saturated heterocycles. The molecule has 1 aromatic rings. The molecule has 1 aliphatic rings. The summed E-state index contributed by atoms with van der Waals surface area (Å²) in [7, 11) is 1.57. The van der Waals surface area contributed by atoms with Crippen LogP contribution in [0.25, 0.3) is 0 Å². The number of amides is 2. The van der Waals surface area contributed by atoms with Crippen molar-refractivity contribution in [3.05, 3.63) is 17.5 Å². The first-order valence-corrected chi connectivity index (χ1v) is 7.10. The van der Waals surface area contributed by atoms with E-state index in [1.807, 2.05) is 24.6 Å². The zero-order valence-electron chi connectivity index (χ0n) is 12.7. The van der Waals surface area contributed by atoms with Gasteiger partial charge < -0.3 is 5.32 Å². The Balaban J connectivity index is 1.76. The largest absolute Gasteiger partial charge is 0.351 e. The van der Waals surface area contributed by atoms with Gasteiger partial charge in [-0.05, 0) is 26.3 Å². The summed E-state index contributed by atoms with van der Waals surface area (Å²) >= 11 is 0. The second-order valence-corrected chi connectivity index (χ2v) is 5.22. The third-order valence-electron chi connectivity index (χ3n) is 3.41. The number of hydrazone groups is 1. The number of rotatable bonds is 5. The monoisotopic (exact) mass is 291 g/mol. The van der Waals surface area contributed by atoms with Crippen LogP contribution in [-0.2, 0) is 16.1 Å². The number of hydrogen-bond donors (Lipinski definition) is 1. The quantitative estimate of drug-likeness (QED) is 0.807. The van der Waals surface area contributed by atoms with Gasteiger partial charge in [0.2, 0.25) is 5.91 Å². The summed E-state index contributed by atoms with van der Waals surface area (Å²) in [6, 6.07) is 2.03. The second-order valence-electron chi connectivity index (χ2n) is 5.22. The smallest absolute Gasteiger partial charge is 0.267 e. The molecule has 1 aromatic heterocycles. The molecule has 0 spiro atoms. The molecule has 1 aliphatic heterocycles. The Bertz CT molecular complexity index is 576. The topological polar surface area (TPSA) is 79.6 Å². The summed E-state index contributed by atoms with van der Waals surface area (Å²) < 4.78 is 1.94. The Morgan fingerprint density at radius 2 is 2.14 bits per heavy atom. The van der Waals surface area contributed by atoms with Crippen molar-refractivity contribution in [3.8, 4) is 0 Å². The minimum atomic E-state index is -0.192. The Kier molecular flexibility index (Phi) is 4.72. The maximum Gasteiger partial charge on any atom is 0.267 e. The fraction of sp³-hybridized carbons (Fsp3) is 0.571. The third kappa shape index (κ3) is 3.90. The van der Waals surface area contributed by atoms with E-state index >= 15 is 0 Å². The lowest BCUT2D eigenvalue weighted by Crippen LogP contribution is -2.38. The van der Waals surface area contributed by atoms with Crippen molar-refractivity contribution >= 4 is 17.5 Å². The number of carbonyl (C=O) groups is 2. The van der Waals surface area contributed by atoms with Gasteiger partial charge in [-0.2, -0.15) is 10.2 Å². The van der Waals surface area contributed by atoms with Gasteiger partial charge in [0.05, 0.1) is 5.69 Å². The molecule has 1 N–H and O–H groups in total. The van der Waals surface area contributed by atoms with E-state index in [0.717, 1.165) is 24.4 Å². The first-order chi connectivity index (χ1) is 9.97. The number of aryl methyl sites for hydroxylation is 3. The predicted molar refractivity (Wildman–Crippen MR) is 78.8 cm³/mol. The summed E-state index contributed by atoms with van der Waals surface area (Å²) in [6.45, 7) is 5.31. The lowest BCUT2D eigenvalue weighted by Gasteiger charge is -2.18. The van der Waals surface area contributed by atoms with Crippen LogP contribution in [0.2, 0.25) is 0 Å². The van der Waals surface area contributed by atoms with Crippen molar-refractivity contribution < 1.29 is 9.59 Å². The van der Waals surface area contributed by atoms with Crippen molar-refractivity contribution in [3.63, 3.8) is 0 Å². The van der Waals surface area contributed by atoms with Gasteiger partial charge in [-0.15, -0.1) is 0 Å². The molecule has 114 valence electrons. The molecular weight excluding hydrogens is 270 g/mol. The van der Waals surface area contributed by atoms with Crippen LogP contribution in [0.3, 0.4) is 0 Å². The normalized spacial score (nSPS) is 15.1. The molecular formula is C14H21N5O2. The van der Waals surface area contributed by atoms with E-state index in [0.29, 0.717) is 25.1 Å². The first kappa shape index (κ1) is 15.2. The average molecular weight is 291 g/mol. The Morgan fingerprint density at radius 1 is 1.38 bits per heavy atom.